The third kappa shape index (κ3) is 5.71. The van der Waals surface area contributed by atoms with Crippen LogP contribution in [-0.4, -0.2) is 21.6 Å². The maximum absolute atomic E-state index is 13.5. The number of amides is 1. The SMILES string of the molecule is CCCCn1c(N)c(N(Cc2ccccc2)C(=O)C(C)Oc2ccc(C)cc2)c(=O)[nH]c1=O. The van der Waals surface area contributed by atoms with E-state index < -0.39 is 23.3 Å². The van der Waals surface area contributed by atoms with Crippen LogP contribution in [-0.2, 0) is 17.9 Å². The highest BCUT2D eigenvalue weighted by Crippen LogP contribution is 2.22. The Morgan fingerprint density at radius 1 is 1.12 bits per heavy atom. The Morgan fingerprint density at radius 2 is 1.79 bits per heavy atom. The van der Waals surface area contributed by atoms with Crippen LogP contribution in [0.4, 0.5) is 11.5 Å². The van der Waals surface area contributed by atoms with Crippen LogP contribution in [0.3, 0.4) is 0 Å². The molecule has 33 heavy (non-hydrogen) atoms. The maximum atomic E-state index is 13.5. The zero-order chi connectivity index (χ0) is 24.0. The van der Waals surface area contributed by atoms with Gasteiger partial charge in [-0.2, -0.15) is 0 Å². The average Bonchev–Trinajstić information content (AvgIpc) is 2.79. The second-order valence-corrected chi connectivity index (χ2v) is 7.98. The van der Waals surface area contributed by atoms with Crippen LogP contribution in [0, 0.1) is 6.92 Å². The fourth-order valence-corrected chi connectivity index (χ4v) is 3.50. The molecule has 1 unspecified atom stereocenters. The van der Waals surface area contributed by atoms with Crippen molar-refractivity contribution in [1.29, 1.82) is 0 Å². The van der Waals surface area contributed by atoms with Crippen molar-refractivity contribution in [2.24, 2.45) is 0 Å². The largest absolute Gasteiger partial charge is 0.481 e. The van der Waals surface area contributed by atoms with E-state index in [0.717, 1.165) is 17.5 Å². The minimum atomic E-state index is -0.897. The van der Waals surface area contributed by atoms with Crippen LogP contribution in [0.1, 0.15) is 37.8 Å². The van der Waals surface area contributed by atoms with Gasteiger partial charge in [0.15, 0.2) is 11.8 Å². The Bertz CT molecular complexity index is 1200. The number of H-pyrrole nitrogens is 1. The lowest BCUT2D eigenvalue weighted by molar-refractivity contribution is -0.124. The Balaban J connectivity index is 2.03. The number of carbonyl (C=O) groups is 1. The number of ether oxygens (including phenoxy) is 1. The molecule has 0 saturated heterocycles. The number of unbranched alkanes of at least 4 members (excludes halogenated alkanes) is 1. The van der Waals surface area contributed by atoms with E-state index in [9.17, 15) is 14.4 Å². The van der Waals surface area contributed by atoms with Crippen LogP contribution >= 0.6 is 0 Å². The van der Waals surface area contributed by atoms with Crippen LogP contribution in [0.15, 0.2) is 64.2 Å². The molecule has 1 aromatic heterocycles. The summed E-state index contributed by atoms with van der Waals surface area (Å²) >= 11 is 0. The summed E-state index contributed by atoms with van der Waals surface area (Å²) in [5, 5.41) is 0. The quantitative estimate of drug-likeness (QED) is 0.520. The average molecular weight is 451 g/mol. The van der Waals surface area contributed by atoms with Gasteiger partial charge in [0.05, 0.1) is 6.54 Å². The number of nitrogens with zero attached hydrogens (tertiary/aromatic N) is 2. The lowest BCUT2D eigenvalue weighted by Gasteiger charge is -2.27. The van der Waals surface area contributed by atoms with Crippen molar-refractivity contribution in [2.75, 3.05) is 10.6 Å². The molecule has 0 bridgehead atoms. The van der Waals surface area contributed by atoms with E-state index in [1.165, 1.54) is 9.47 Å². The van der Waals surface area contributed by atoms with Gasteiger partial charge < -0.3 is 10.5 Å². The molecule has 3 N–H and O–H groups in total. The van der Waals surface area contributed by atoms with Crippen molar-refractivity contribution in [3.63, 3.8) is 0 Å². The molecule has 174 valence electrons. The number of hydrogen-bond acceptors (Lipinski definition) is 5. The predicted octanol–water partition coefficient (Wildman–Crippen LogP) is 3.23. The molecular weight excluding hydrogens is 420 g/mol. The number of rotatable bonds is 9. The van der Waals surface area contributed by atoms with E-state index in [1.54, 1.807) is 19.1 Å². The van der Waals surface area contributed by atoms with Gasteiger partial charge in [0.25, 0.3) is 11.5 Å². The Kier molecular flexibility index (Phi) is 7.71. The fourth-order valence-electron chi connectivity index (χ4n) is 3.50. The number of anilines is 2. The van der Waals surface area contributed by atoms with Gasteiger partial charge in [-0.1, -0.05) is 61.4 Å². The normalized spacial score (nSPS) is 11.7. The van der Waals surface area contributed by atoms with E-state index in [1.807, 2.05) is 56.3 Å². The van der Waals surface area contributed by atoms with Gasteiger partial charge >= 0.3 is 5.69 Å². The summed E-state index contributed by atoms with van der Waals surface area (Å²) in [6.45, 7) is 6.01. The molecule has 0 saturated carbocycles. The number of nitrogens with two attached hydrogens (primary N) is 1. The van der Waals surface area contributed by atoms with Crippen molar-refractivity contribution in [3.8, 4) is 5.75 Å². The summed E-state index contributed by atoms with van der Waals surface area (Å²) in [7, 11) is 0. The molecule has 0 aliphatic carbocycles. The predicted molar refractivity (Wildman–Crippen MR) is 130 cm³/mol. The highest BCUT2D eigenvalue weighted by molar-refractivity contribution is 5.98. The lowest BCUT2D eigenvalue weighted by Crippen LogP contribution is -2.45. The van der Waals surface area contributed by atoms with Gasteiger partial charge in [-0.05, 0) is 38.0 Å². The zero-order valence-corrected chi connectivity index (χ0v) is 19.2. The summed E-state index contributed by atoms with van der Waals surface area (Å²) in [5.41, 5.74) is 6.81. The van der Waals surface area contributed by atoms with Gasteiger partial charge in [-0.15, -0.1) is 0 Å². The molecule has 8 nitrogen and oxygen atoms in total. The first kappa shape index (κ1) is 23.8. The minimum Gasteiger partial charge on any atom is -0.481 e. The molecule has 0 aliphatic heterocycles. The van der Waals surface area contributed by atoms with Gasteiger partial charge in [-0.3, -0.25) is 24.0 Å². The molecule has 0 spiro atoms. The monoisotopic (exact) mass is 450 g/mol. The highest BCUT2D eigenvalue weighted by atomic mass is 16.5. The second kappa shape index (κ2) is 10.7. The van der Waals surface area contributed by atoms with E-state index >= 15 is 0 Å². The van der Waals surface area contributed by atoms with Crippen LogP contribution in [0.25, 0.3) is 0 Å². The number of benzene rings is 2. The maximum Gasteiger partial charge on any atom is 0.330 e. The van der Waals surface area contributed by atoms with Crippen molar-refractivity contribution < 1.29 is 9.53 Å². The number of nitrogen functional groups attached to an aromatic ring is 1. The second-order valence-electron chi connectivity index (χ2n) is 7.98. The molecule has 1 heterocycles. The smallest absolute Gasteiger partial charge is 0.330 e. The summed E-state index contributed by atoms with van der Waals surface area (Å²) in [6, 6.07) is 16.6. The van der Waals surface area contributed by atoms with Crippen LogP contribution < -0.4 is 26.6 Å². The lowest BCUT2D eigenvalue weighted by atomic mass is 10.2. The molecule has 8 heteroatoms. The molecule has 3 rings (SSSR count). The number of aromatic nitrogens is 2. The van der Waals surface area contributed by atoms with Crippen molar-refractivity contribution >= 4 is 17.4 Å². The number of carbonyl (C=O) groups excluding carboxylic acids is 1. The third-order valence-electron chi connectivity index (χ3n) is 5.35. The van der Waals surface area contributed by atoms with Crippen LogP contribution in [0.5, 0.6) is 5.75 Å². The highest BCUT2D eigenvalue weighted by Gasteiger charge is 2.29. The topological polar surface area (TPSA) is 110 Å². The first-order valence-corrected chi connectivity index (χ1v) is 11.0. The van der Waals surface area contributed by atoms with Gasteiger partial charge in [0, 0.05) is 6.54 Å². The number of aromatic amines is 1. The first-order valence-electron chi connectivity index (χ1n) is 11.0. The standard InChI is InChI=1S/C25H30N4O4/c1-4-5-15-28-22(26)21(23(30)27-25(28)32)29(16-19-9-7-6-8-10-19)24(31)18(3)33-20-13-11-17(2)12-14-20/h6-14,18H,4-5,15-16,26H2,1-3H3,(H,27,30,32). The van der Waals surface area contributed by atoms with E-state index in [2.05, 4.69) is 4.98 Å². The molecular formula is C25H30N4O4. The molecule has 0 aliphatic rings. The molecule has 1 atom stereocenters. The first-order chi connectivity index (χ1) is 15.8. The van der Waals surface area contributed by atoms with Crippen molar-refractivity contribution in [2.45, 2.75) is 52.8 Å². The summed E-state index contributed by atoms with van der Waals surface area (Å²) in [6.07, 6.45) is 0.648. The summed E-state index contributed by atoms with van der Waals surface area (Å²) in [4.78, 5) is 42.4. The fraction of sp³-hybridized carbons (Fsp3) is 0.320. The minimum absolute atomic E-state index is 0.0379. The van der Waals surface area contributed by atoms with Crippen LogP contribution in [0.2, 0.25) is 0 Å². The molecule has 3 aromatic rings. The molecule has 0 radical (unpaired) electrons. The molecule has 1 amide bonds. The summed E-state index contributed by atoms with van der Waals surface area (Å²) < 4.78 is 7.16. The van der Waals surface area contributed by atoms with Crippen molar-refractivity contribution in [3.05, 3.63) is 86.6 Å². The van der Waals surface area contributed by atoms with E-state index in [-0.39, 0.29) is 18.1 Å². The van der Waals surface area contributed by atoms with Gasteiger partial charge in [-0.25, -0.2) is 4.79 Å². The molecule has 0 fully saturated rings. The Hall–Kier alpha value is -3.81. The van der Waals surface area contributed by atoms with Crippen molar-refractivity contribution in [1.82, 2.24) is 9.55 Å². The molecule has 2 aromatic carbocycles. The summed E-state index contributed by atoms with van der Waals surface area (Å²) in [5.74, 6) is 0.0530. The Labute approximate surface area is 192 Å². The van der Waals surface area contributed by atoms with Gasteiger partial charge in [0.2, 0.25) is 0 Å². The number of nitrogens with one attached hydrogen (secondary N) is 1. The zero-order valence-electron chi connectivity index (χ0n) is 19.2. The third-order valence-corrected chi connectivity index (χ3v) is 5.35. The van der Waals surface area contributed by atoms with Gasteiger partial charge in [0.1, 0.15) is 11.6 Å². The Morgan fingerprint density at radius 3 is 2.42 bits per heavy atom. The number of aryl methyl sites for hydroxylation is 1. The number of hydrogen-bond donors (Lipinski definition) is 2. The van der Waals surface area contributed by atoms with E-state index in [4.69, 9.17) is 10.5 Å². The van der Waals surface area contributed by atoms with E-state index in [0.29, 0.717) is 18.7 Å².